The molecule has 0 saturated carbocycles. The van der Waals surface area contributed by atoms with E-state index in [1.54, 1.807) is 13.8 Å². The van der Waals surface area contributed by atoms with Crippen molar-refractivity contribution in [1.29, 1.82) is 10.5 Å². The molecule has 1 aromatic carbocycles. The number of hydrogen-bond acceptors (Lipinski definition) is 6. The molecule has 0 aliphatic heterocycles. The van der Waals surface area contributed by atoms with E-state index in [9.17, 15) is 14.9 Å². The van der Waals surface area contributed by atoms with Crippen LogP contribution in [-0.2, 0) is 0 Å². The van der Waals surface area contributed by atoms with Crippen molar-refractivity contribution in [2.24, 2.45) is 0 Å². The highest BCUT2D eigenvalue weighted by atomic mass is 79.9. The van der Waals surface area contributed by atoms with E-state index in [4.69, 9.17) is 40.1 Å². The lowest BCUT2D eigenvalue weighted by atomic mass is 10.00. The third-order valence-corrected chi connectivity index (χ3v) is 5.75. The average Bonchev–Trinajstić information content (AvgIpc) is 3.15. The number of carbonyl (C=O) groups is 2. The van der Waals surface area contributed by atoms with Crippen LogP contribution in [0.25, 0.3) is 5.82 Å². The molecule has 0 radical (unpaired) electrons. The number of nitriles is 2. The first-order chi connectivity index (χ1) is 16.5. The Balaban J connectivity index is 2.04. The van der Waals surface area contributed by atoms with Gasteiger partial charge in [0.2, 0.25) is 0 Å². The summed E-state index contributed by atoms with van der Waals surface area (Å²) >= 11 is 21.7. The topological polar surface area (TPSA) is 136 Å². The van der Waals surface area contributed by atoms with E-state index in [0.29, 0.717) is 9.63 Å². The van der Waals surface area contributed by atoms with Crippen LogP contribution in [0.4, 0.5) is 5.69 Å². The summed E-state index contributed by atoms with van der Waals surface area (Å²) in [6, 6.07) is 9.41. The summed E-state index contributed by atoms with van der Waals surface area (Å²) in [6.07, 6.45) is 1.39. The maximum atomic E-state index is 13.3. The zero-order valence-corrected chi connectivity index (χ0v) is 22.0. The standard InChI is InChI=1S/C22H15BrCl3N7O2/c1-22(2,3-4-27)31-20(34)13-5-11(9-28)6-14(25)18(13)30-21(35)16-8-17(23)32-33(16)19-15(26)7-12(24)10-29-19/h5-8,10H,3H2,1-2H3,(H,30,35)(H,31,34). The van der Waals surface area contributed by atoms with Crippen molar-refractivity contribution in [2.45, 2.75) is 25.8 Å². The van der Waals surface area contributed by atoms with Crippen LogP contribution in [0.15, 0.2) is 35.1 Å². The fourth-order valence-electron chi connectivity index (χ4n) is 3.01. The van der Waals surface area contributed by atoms with Gasteiger partial charge in [-0.15, -0.1) is 0 Å². The Labute approximate surface area is 223 Å². The molecule has 2 aromatic heterocycles. The van der Waals surface area contributed by atoms with E-state index in [1.807, 2.05) is 12.1 Å². The lowest BCUT2D eigenvalue weighted by molar-refractivity contribution is 0.0915. The minimum absolute atomic E-state index is 0.0187. The van der Waals surface area contributed by atoms with Gasteiger partial charge in [-0.3, -0.25) is 9.59 Å². The van der Waals surface area contributed by atoms with Crippen LogP contribution in [0.2, 0.25) is 15.1 Å². The van der Waals surface area contributed by atoms with Crippen LogP contribution in [-0.4, -0.2) is 32.1 Å². The van der Waals surface area contributed by atoms with Crippen molar-refractivity contribution in [2.75, 3.05) is 5.32 Å². The Morgan fingerprint density at radius 3 is 2.46 bits per heavy atom. The molecule has 35 heavy (non-hydrogen) atoms. The predicted octanol–water partition coefficient (Wildman–Crippen LogP) is 5.54. The van der Waals surface area contributed by atoms with Gasteiger partial charge >= 0.3 is 0 Å². The molecule has 3 aromatic rings. The molecule has 13 heteroatoms. The van der Waals surface area contributed by atoms with Crippen molar-refractivity contribution in [3.05, 3.63) is 67.0 Å². The second-order valence-electron chi connectivity index (χ2n) is 7.84. The first-order valence-electron chi connectivity index (χ1n) is 9.77. The number of nitrogens with one attached hydrogen (secondary N) is 2. The van der Waals surface area contributed by atoms with E-state index in [2.05, 4.69) is 36.6 Å². The van der Waals surface area contributed by atoms with E-state index in [0.717, 1.165) is 0 Å². The fourth-order valence-corrected chi connectivity index (χ4v) is 4.11. The molecular weight excluding hydrogens is 581 g/mol. The smallest absolute Gasteiger partial charge is 0.274 e. The average molecular weight is 596 g/mol. The second kappa shape index (κ2) is 10.6. The summed E-state index contributed by atoms with van der Waals surface area (Å²) in [7, 11) is 0. The Bertz CT molecular complexity index is 1420. The van der Waals surface area contributed by atoms with Crippen molar-refractivity contribution in [3.8, 4) is 18.0 Å². The quantitative estimate of drug-likeness (QED) is 0.384. The van der Waals surface area contributed by atoms with Crippen LogP contribution in [0.5, 0.6) is 0 Å². The number of carbonyl (C=O) groups excluding carboxylic acids is 2. The second-order valence-corrected chi connectivity index (χ2v) is 9.91. The number of rotatable bonds is 6. The summed E-state index contributed by atoms with van der Waals surface area (Å²) in [6.45, 7) is 3.34. The summed E-state index contributed by atoms with van der Waals surface area (Å²) in [4.78, 5) is 30.5. The first kappa shape index (κ1) is 26.5. The maximum Gasteiger partial charge on any atom is 0.274 e. The van der Waals surface area contributed by atoms with Crippen LogP contribution in [0, 0.1) is 22.7 Å². The Kier molecular flexibility index (Phi) is 8.04. The summed E-state index contributed by atoms with van der Waals surface area (Å²) < 4.78 is 1.52. The van der Waals surface area contributed by atoms with Crippen molar-refractivity contribution < 1.29 is 9.59 Å². The molecule has 0 spiro atoms. The van der Waals surface area contributed by atoms with E-state index in [1.165, 1.54) is 35.1 Å². The number of pyridine rings is 1. The zero-order chi connectivity index (χ0) is 25.9. The number of nitrogens with zero attached hydrogens (tertiary/aromatic N) is 5. The largest absolute Gasteiger partial charge is 0.346 e. The highest BCUT2D eigenvalue weighted by Gasteiger charge is 2.26. The highest BCUT2D eigenvalue weighted by Crippen LogP contribution is 2.30. The van der Waals surface area contributed by atoms with Crippen molar-refractivity contribution in [3.63, 3.8) is 0 Å². The van der Waals surface area contributed by atoms with Gasteiger partial charge in [0.25, 0.3) is 11.8 Å². The van der Waals surface area contributed by atoms with Crippen LogP contribution < -0.4 is 10.6 Å². The minimum Gasteiger partial charge on any atom is -0.346 e. The number of amides is 2. The zero-order valence-electron chi connectivity index (χ0n) is 18.2. The highest BCUT2D eigenvalue weighted by molar-refractivity contribution is 9.10. The number of benzene rings is 1. The number of anilines is 1. The number of hydrogen-bond donors (Lipinski definition) is 2. The van der Waals surface area contributed by atoms with Gasteiger partial charge in [-0.2, -0.15) is 15.6 Å². The number of halogens is 4. The summed E-state index contributed by atoms with van der Waals surface area (Å²) in [5, 5.41) is 28.3. The molecule has 0 aliphatic rings. The molecule has 2 N–H and O–H groups in total. The van der Waals surface area contributed by atoms with Gasteiger partial charge in [0.15, 0.2) is 5.82 Å². The molecule has 178 valence electrons. The molecule has 0 aliphatic carbocycles. The van der Waals surface area contributed by atoms with E-state index in [-0.39, 0.29) is 44.8 Å². The Morgan fingerprint density at radius 2 is 1.83 bits per heavy atom. The first-order valence-corrected chi connectivity index (χ1v) is 11.7. The van der Waals surface area contributed by atoms with Crippen LogP contribution >= 0.6 is 50.7 Å². The molecule has 3 rings (SSSR count). The van der Waals surface area contributed by atoms with Gasteiger partial charge < -0.3 is 10.6 Å². The maximum absolute atomic E-state index is 13.3. The third kappa shape index (κ3) is 6.11. The van der Waals surface area contributed by atoms with Crippen LogP contribution in [0.1, 0.15) is 46.7 Å². The van der Waals surface area contributed by atoms with E-state index < -0.39 is 17.4 Å². The molecule has 9 nitrogen and oxygen atoms in total. The summed E-state index contributed by atoms with van der Waals surface area (Å²) in [5.74, 6) is -1.17. The Morgan fingerprint density at radius 1 is 1.11 bits per heavy atom. The molecule has 0 bridgehead atoms. The lowest BCUT2D eigenvalue weighted by Gasteiger charge is -2.24. The molecule has 0 saturated heterocycles. The fraction of sp³-hybridized carbons (Fsp3) is 0.182. The van der Waals surface area contributed by atoms with Gasteiger partial charge in [0, 0.05) is 17.8 Å². The Hall–Kier alpha value is -3.15. The van der Waals surface area contributed by atoms with Gasteiger partial charge in [-0.1, -0.05) is 34.8 Å². The third-order valence-electron chi connectivity index (χ3n) is 4.58. The molecule has 2 amide bonds. The van der Waals surface area contributed by atoms with Crippen LogP contribution in [0.3, 0.4) is 0 Å². The summed E-state index contributed by atoms with van der Waals surface area (Å²) in [5.41, 5.74) is -0.824. The van der Waals surface area contributed by atoms with Gasteiger partial charge in [-0.05, 0) is 48.0 Å². The van der Waals surface area contributed by atoms with Crippen molar-refractivity contribution in [1.82, 2.24) is 20.1 Å². The van der Waals surface area contributed by atoms with E-state index >= 15 is 0 Å². The normalized spacial score (nSPS) is 10.9. The molecule has 2 heterocycles. The molecule has 0 unspecified atom stereocenters. The SMILES string of the molecule is CC(C)(CC#N)NC(=O)c1cc(C#N)cc(Cl)c1NC(=O)c1cc(Br)nn1-c1ncc(Cl)cc1Cl. The van der Waals surface area contributed by atoms with Gasteiger partial charge in [0.05, 0.1) is 50.4 Å². The molecule has 0 atom stereocenters. The lowest BCUT2D eigenvalue weighted by Crippen LogP contribution is -2.43. The van der Waals surface area contributed by atoms with Gasteiger partial charge in [0.1, 0.15) is 10.3 Å². The molecule has 0 fully saturated rings. The predicted molar refractivity (Wildman–Crippen MR) is 135 cm³/mol. The monoisotopic (exact) mass is 593 g/mol. The van der Waals surface area contributed by atoms with Gasteiger partial charge in [-0.25, -0.2) is 9.67 Å². The van der Waals surface area contributed by atoms with Crippen molar-refractivity contribution >= 4 is 68.2 Å². The number of aromatic nitrogens is 3. The minimum atomic E-state index is -0.872. The molecular formula is C22H15BrCl3N7O2.